The zero-order chi connectivity index (χ0) is 8.10. The van der Waals surface area contributed by atoms with Crippen LogP contribution < -0.4 is 0 Å². The van der Waals surface area contributed by atoms with Gasteiger partial charge in [-0.3, -0.25) is 0 Å². The van der Waals surface area contributed by atoms with Gasteiger partial charge in [-0.2, -0.15) is 0 Å². The molecule has 0 spiro atoms. The molecule has 60 valence electrons. The van der Waals surface area contributed by atoms with Crippen LogP contribution >= 0.6 is 39.1 Å². The Morgan fingerprint density at radius 3 is 3.18 bits per heavy atom. The van der Waals surface area contributed by atoms with Crippen molar-refractivity contribution in [3.63, 3.8) is 0 Å². The Morgan fingerprint density at radius 1 is 1.64 bits per heavy atom. The zero-order valence-electron chi connectivity index (χ0n) is 5.68. The van der Waals surface area contributed by atoms with Gasteiger partial charge in [-0.25, -0.2) is 0 Å². The highest BCUT2D eigenvalue weighted by Crippen LogP contribution is 2.13. The van der Waals surface area contributed by atoms with Crippen LogP contribution in [0.15, 0.2) is 28.2 Å². The molecular formula is C7H7BrClNS. The third-order valence-electron chi connectivity index (χ3n) is 1.08. The summed E-state index contributed by atoms with van der Waals surface area (Å²) in [7, 11) is 0. The van der Waals surface area contributed by atoms with Gasteiger partial charge in [0.15, 0.2) is 0 Å². The number of rotatable bonds is 1. The average molecular weight is 253 g/mol. The number of alkyl halides is 1. The quantitative estimate of drug-likeness (QED) is 0.734. The Morgan fingerprint density at radius 2 is 2.45 bits per heavy atom. The van der Waals surface area contributed by atoms with Gasteiger partial charge in [0.05, 0.1) is 3.79 Å². The molecule has 1 aromatic rings. The molecule has 4 heteroatoms. The molecule has 1 nitrogen and oxygen atoms in total. The van der Waals surface area contributed by atoms with E-state index in [0.717, 1.165) is 9.35 Å². The number of hydrogen-bond donors (Lipinski definition) is 1. The van der Waals surface area contributed by atoms with Gasteiger partial charge in [0.25, 0.3) is 0 Å². The molecule has 11 heavy (non-hydrogen) atoms. The summed E-state index contributed by atoms with van der Waals surface area (Å²) in [5.74, 6) is 0.542. The number of halogens is 2. The van der Waals surface area contributed by atoms with Crippen LogP contribution in [0.3, 0.4) is 0 Å². The molecule has 0 fully saturated rings. The van der Waals surface area contributed by atoms with Crippen LogP contribution in [-0.2, 0) is 5.88 Å². The van der Waals surface area contributed by atoms with Crippen molar-refractivity contribution in [2.75, 3.05) is 0 Å². The summed E-state index contributed by atoms with van der Waals surface area (Å²) in [6.07, 6.45) is 1.87. The largest absolute Gasteiger partial charge is 0.318 e. The lowest BCUT2D eigenvalue weighted by atomic mass is 10.3. The van der Waals surface area contributed by atoms with Crippen molar-refractivity contribution in [3.8, 4) is 0 Å². The summed E-state index contributed by atoms with van der Waals surface area (Å²) in [5, 5.41) is 0. The van der Waals surface area contributed by atoms with Gasteiger partial charge in [-0.05, 0) is 33.6 Å². The lowest BCUT2D eigenvalue weighted by molar-refractivity contribution is 1.40. The highest BCUT2D eigenvalue weighted by atomic mass is 79.9. The summed E-state index contributed by atoms with van der Waals surface area (Å²) in [4.78, 5) is 0. The van der Waals surface area contributed by atoms with Crippen LogP contribution in [0.25, 0.3) is 0 Å². The van der Waals surface area contributed by atoms with Crippen LogP contribution in [-0.4, -0.2) is 4.37 Å². The molecule has 0 aliphatic rings. The molecule has 0 bridgehead atoms. The summed E-state index contributed by atoms with van der Waals surface area (Å²) < 4.78 is 4.05. The molecule has 0 saturated heterocycles. The second-order valence-corrected chi connectivity index (χ2v) is 4.43. The van der Waals surface area contributed by atoms with Crippen LogP contribution in [0, 0.1) is 0 Å². The fraction of sp³-hybridized carbons (Fsp3) is 0.143. The smallest absolute Gasteiger partial charge is 0.0871 e. The summed E-state index contributed by atoms with van der Waals surface area (Å²) in [6, 6.07) is 5.90. The van der Waals surface area contributed by atoms with Crippen molar-refractivity contribution in [2.24, 2.45) is 0 Å². The summed E-state index contributed by atoms with van der Waals surface area (Å²) in [5.41, 5.74) is 1.10. The molecule has 0 saturated carbocycles. The van der Waals surface area contributed by atoms with Crippen LogP contribution in [0.4, 0.5) is 0 Å². The van der Waals surface area contributed by atoms with Crippen molar-refractivity contribution in [2.45, 2.75) is 5.88 Å². The minimum atomic E-state index is 0.542. The summed E-state index contributed by atoms with van der Waals surface area (Å²) >= 11 is 10.6. The van der Waals surface area contributed by atoms with Crippen molar-refractivity contribution >= 4 is 39.1 Å². The van der Waals surface area contributed by atoms with Crippen molar-refractivity contribution in [3.05, 3.63) is 33.7 Å². The van der Waals surface area contributed by atoms with E-state index in [4.69, 9.17) is 11.6 Å². The second kappa shape index (κ2) is 4.80. The Balaban J connectivity index is 3.12. The van der Waals surface area contributed by atoms with Gasteiger partial charge < -0.3 is 4.37 Å². The minimum Gasteiger partial charge on any atom is -0.318 e. The molecule has 1 N–H and O–H groups in total. The Bertz CT molecular complexity index is 267. The molecule has 0 radical (unpaired) electrons. The van der Waals surface area contributed by atoms with Gasteiger partial charge in [0.1, 0.15) is 0 Å². The summed E-state index contributed by atoms with van der Waals surface area (Å²) in [6.45, 7) is 0. The molecular weight excluding hydrogens is 246 g/mol. The first-order valence-electron chi connectivity index (χ1n) is 3.04. The van der Waals surface area contributed by atoms with E-state index in [1.54, 1.807) is 0 Å². The molecule has 1 aromatic heterocycles. The highest BCUT2D eigenvalue weighted by molar-refractivity contribution is 9.11. The first-order chi connectivity index (χ1) is 5.33. The number of H-pyrrole nitrogens is 1. The number of aromatic nitrogens is 1. The lowest BCUT2D eigenvalue weighted by Crippen LogP contribution is -1.72. The maximum absolute atomic E-state index is 5.67. The second-order valence-electron chi connectivity index (χ2n) is 1.90. The standard InChI is InChI=1S/C7H7BrClNS/c8-7-4-6(5-9)2-1-3-10-11-7/h1-4,10H,5H2. The topological polar surface area (TPSA) is 15.8 Å². The SMILES string of the molecule is ClCc1ccc[nH]sc(Br)c1. The maximum atomic E-state index is 5.67. The van der Waals surface area contributed by atoms with E-state index in [1.165, 1.54) is 11.5 Å². The van der Waals surface area contributed by atoms with E-state index in [1.807, 2.05) is 24.4 Å². The highest BCUT2D eigenvalue weighted by Gasteiger charge is 1.87. The third kappa shape index (κ3) is 3.27. The van der Waals surface area contributed by atoms with Crippen LogP contribution in [0.1, 0.15) is 5.56 Å². The normalized spacial score (nSPS) is 9.27. The minimum absolute atomic E-state index is 0.542. The average Bonchev–Trinajstić information content (AvgIpc) is 1.96. The Kier molecular flexibility index (Phi) is 3.97. The van der Waals surface area contributed by atoms with Gasteiger partial charge in [-0.1, -0.05) is 17.6 Å². The van der Waals surface area contributed by atoms with Gasteiger partial charge in [0.2, 0.25) is 0 Å². The molecule has 1 rings (SSSR count). The first-order valence-corrected chi connectivity index (χ1v) is 5.18. The van der Waals surface area contributed by atoms with Crippen molar-refractivity contribution in [1.82, 2.24) is 4.37 Å². The molecule has 0 aromatic carbocycles. The molecule has 0 unspecified atom stereocenters. The predicted octanol–water partition coefficient (Wildman–Crippen LogP) is 3.70. The predicted molar refractivity (Wildman–Crippen MR) is 53.6 cm³/mol. The van der Waals surface area contributed by atoms with Crippen LogP contribution in [0.5, 0.6) is 0 Å². The monoisotopic (exact) mass is 251 g/mol. The van der Waals surface area contributed by atoms with E-state index < -0.39 is 0 Å². The van der Waals surface area contributed by atoms with Crippen LogP contribution in [0.2, 0.25) is 0 Å². The number of nitrogens with one attached hydrogen (secondary N) is 1. The Labute approximate surface area is 83.0 Å². The molecule has 1 heterocycles. The van der Waals surface area contributed by atoms with Gasteiger partial charge in [-0.15, -0.1) is 11.6 Å². The Hall–Kier alpha value is 0.01000. The fourth-order valence-corrected chi connectivity index (χ4v) is 1.82. The van der Waals surface area contributed by atoms with E-state index in [0.29, 0.717) is 5.88 Å². The maximum Gasteiger partial charge on any atom is 0.0871 e. The number of aromatic amines is 1. The van der Waals surface area contributed by atoms with Crippen molar-refractivity contribution < 1.29 is 0 Å². The van der Waals surface area contributed by atoms with Gasteiger partial charge >= 0.3 is 0 Å². The van der Waals surface area contributed by atoms with Crippen molar-refractivity contribution in [1.29, 1.82) is 0 Å². The number of hydrogen-bond acceptors (Lipinski definition) is 1. The lowest BCUT2D eigenvalue weighted by Gasteiger charge is -1.90. The molecule has 0 amide bonds. The van der Waals surface area contributed by atoms with Gasteiger partial charge in [0, 0.05) is 12.1 Å². The zero-order valence-corrected chi connectivity index (χ0v) is 8.84. The fourth-order valence-electron chi connectivity index (χ4n) is 0.608. The molecule has 0 aliphatic heterocycles. The van der Waals surface area contributed by atoms with E-state index >= 15 is 0 Å². The van der Waals surface area contributed by atoms with E-state index in [2.05, 4.69) is 20.3 Å². The molecule has 0 atom stereocenters. The van der Waals surface area contributed by atoms with E-state index in [9.17, 15) is 0 Å². The first kappa shape index (κ1) is 9.10. The molecule has 0 aliphatic carbocycles. The van der Waals surface area contributed by atoms with E-state index in [-0.39, 0.29) is 0 Å². The third-order valence-corrected chi connectivity index (χ3v) is 2.67.